The van der Waals surface area contributed by atoms with Gasteiger partial charge >= 0.3 is 5.96 Å². The van der Waals surface area contributed by atoms with Crippen molar-refractivity contribution in [2.24, 2.45) is 4.99 Å². The highest BCUT2D eigenvalue weighted by molar-refractivity contribution is 9.11. The van der Waals surface area contributed by atoms with E-state index in [9.17, 15) is 0 Å². The fraction of sp³-hybridized carbons (Fsp3) is 0.444. The lowest BCUT2D eigenvalue weighted by atomic mass is 9.79. The molecule has 4 atom stereocenters. The van der Waals surface area contributed by atoms with E-state index < -0.39 is 0 Å². The van der Waals surface area contributed by atoms with Crippen molar-refractivity contribution >= 4 is 75.6 Å². The van der Waals surface area contributed by atoms with Crippen molar-refractivity contribution in [3.8, 4) is 0 Å². The summed E-state index contributed by atoms with van der Waals surface area (Å²) in [4.78, 5) is 15.0. The fourth-order valence-electron chi connectivity index (χ4n) is 14.4. The summed E-state index contributed by atoms with van der Waals surface area (Å²) in [6.45, 7) is 58.8. The lowest BCUT2D eigenvalue weighted by Gasteiger charge is -2.32. The van der Waals surface area contributed by atoms with Crippen molar-refractivity contribution in [1.29, 1.82) is 0 Å². The first kappa shape index (κ1) is 76.1. The molecule has 524 valence electrons. The van der Waals surface area contributed by atoms with Gasteiger partial charge in [0.2, 0.25) is 0 Å². The molecule has 2 heterocycles. The first-order valence-electron chi connectivity index (χ1n) is 35.9. The first-order chi connectivity index (χ1) is 45.8. The highest BCUT2D eigenvalue weighted by Gasteiger charge is 2.54. The summed E-state index contributed by atoms with van der Waals surface area (Å²) in [6.07, 6.45) is 0. The van der Waals surface area contributed by atoms with Gasteiger partial charge in [-0.2, -0.15) is 0 Å². The molecule has 0 unspecified atom stereocenters. The van der Waals surface area contributed by atoms with Crippen molar-refractivity contribution in [2.75, 3.05) is 0 Å². The molecular formula is C90H112Br4N5+. The summed E-state index contributed by atoms with van der Waals surface area (Å²) in [6, 6.07) is 64.4. The zero-order valence-corrected chi connectivity index (χ0v) is 70.4. The van der Waals surface area contributed by atoms with Crippen molar-refractivity contribution in [3.63, 3.8) is 0 Å². The van der Waals surface area contributed by atoms with Crippen LogP contribution < -0.4 is 0 Å². The fourth-order valence-corrected chi connectivity index (χ4v) is 18.2. The molecule has 2 aliphatic heterocycles. The number of hydrogen-bond donors (Lipinski definition) is 0. The molecular weight excluding hydrogens is 1470 g/mol. The van der Waals surface area contributed by atoms with E-state index in [0.29, 0.717) is 26.2 Å². The maximum absolute atomic E-state index is 6.85. The molecule has 0 spiro atoms. The van der Waals surface area contributed by atoms with E-state index in [-0.39, 0.29) is 67.5 Å². The van der Waals surface area contributed by atoms with Gasteiger partial charge in [-0.3, -0.25) is 0 Å². The van der Waals surface area contributed by atoms with Crippen molar-refractivity contribution in [1.82, 2.24) is 14.7 Å². The average molecular weight is 1580 g/mol. The number of rotatable bonds is 12. The van der Waals surface area contributed by atoms with Crippen LogP contribution in [0.5, 0.6) is 0 Å². The lowest BCUT2D eigenvalue weighted by molar-refractivity contribution is -0.583. The summed E-state index contributed by atoms with van der Waals surface area (Å²) < 4.78 is 7.28. The maximum atomic E-state index is 6.85. The monoisotopic (exact) mass is 1580 g/mol. The summed E-state index contributed by atoms with van der Waals surface area (Å²) in [5.41, 5.74) is 19.0. The summed E-state index contributed by atoms with van der Waals surface area (Å²) in [7, 11) is 0. The third kappa shape index (κ3) is 16.4. The number of nitrogens with zero attached hydrogens (tertiary/aromatic N) is 5. The Morgan fingerprint density at radius 1 is 0.303 bits per heavy atom. The predicted molar refractivity (Wildman–Crippen MR) is 436 cm³/mol. The molecule has 0 radical (unpaired) electrons. The van der Waals surface area contributed by atoms with Crippen molar-refractivity contribution < 1.29 is 4.58 Å². The van der Waals surface area contributed by atoms with Gasteiger partial charge in [0, 0.05) is 42.1 Å². The van der Waals surface area contributed by atoms with Crippen molar-refractivity contribution in [3.05, 3.63) is 277 Å². The molecule has 1 saturated heterocycles. The number of hydrogen-bond acceptors (Lipinski definition) is 2. The zero-order chi connectivity index (χ0) is 72.7. The Morgan fingerprint density at radius 2 is 0.556 bits per heavy atom. The Kier molecular flexibility index (Phi) is 21.7. The quantitative estimate of drug-likeness (QED) is 0.114. The van der Waals surface area contributed by atoms with E-state index in [4.69, 9.17) is 4.99 Å². The van der Waals surface area contributed by atoms with Crippen LogP contribution in [-0.4, -0.2) is 31.2 Å². The molecule has 1 fully saturated rings. The minimum absolute atomic E-state index is 0.139. The first-order valence-corrected chi connectivity index (χ1v) is 39.1. The van der Waals surface area contributed by atoms with Gasteiger partial charge in [0.05, 0.1) is 25.2 Å². The van der Waals surface area contributed by atoms with E-state index >= 15 is 0 Å². The molecule has 10 rings (SSSR count). The van der Waals surface area contributed by atoms with Crippen LogP contribution in [0.1, 0.15) is 279 Å². The second-order valence-electron chi connectivity index (χ2n) is 36.6. The highest BCUT2D eigenvalue weighted by atomic mass is 79.9. The topological polar surface area (TPSA) is 25.1 Å². The maximum Gasteiger partial charge on any atom is 0.394 e. The number of benzene rings is 8. The molecule has 9 heteroatoms. The van der Waals surface area contributed by atoms with Gasteiger partial charge in [0.15, 0.2) is 0 Å². The Morgan fingerprint density at radius 3 is 0.838 bits per heavy atom. The van der Waals surface area contributed by atoms with Gasteiger partial charge in [0.1, 0.15) is 12.1 Å². The smallest absolute Gasteiger partial charge is 0.315 e. The van der Waals surface area contributed by atoms with Crippen LogP contribution in [0.4, 0.5) is 0 Å². The molecule has 8 aromatic rings. The molecule has 99 heavy (non-hydrogen) atoms. The molecule has 0 bridgehead atoms. The van der Waals surface area contributed by atoms with Crippen LogP contribution in [0.3, 0.4) is 0 Å². The minimum Gasteiger partial charge on any atom is -0.315 e. The van der Waals surface area contributed by atoms with E-state index in [1.807, 2.05) is 0 Å². The number of aliphatic imine (C=N–C) groups is 1. The van der Waals surface area contributed by atoms with Gasteiger partial charge in [-0.1, -0.05) is 400 Å². The van der Waals surface area contributed by atoms with E-state index in [1.54, 1.807) is 0 Å². The predicted octanol–water partition coefficient (Wildman–Crippen LogP) is 25.8. The zero-order valence-electron chi connectivity index (χ0n) is 64.1. The standard InChI is InChI=1S/C90H112Br4N5/c1-83(2,3)65-45-61(73(91)69(49-65)87(13,14)15)53-96-77(57-37-29-25-30-38-57)78(58-39-31-26-32-40-58)97(54-62-46-66(84(4,5)6)50-70(74(62)92)88(16,17)18)81(96)95-82-98(55-63-47-67(85(7,8)9)51-71(75(63)93)89(19,20)21)79(59-41-33-27-34-42-59)80(60-43-35-28-36-44-60)99(82)56-64-48-68(86(10,11)12)52-72(76(64)94)90(22,23)24/h25-52,77-80H,53-56H2,1-24H3/q+1/t77-,78-,79-,80-/m0/s1. The van der Waals surface area contributed by atoms with Crippen LogP contribution in [0.15, 0.2) is 193 Å². The molecule has 0 amide bonds. The summed E-state index contributed by atoms with van der Waals surface area (Å²) in [5, 5.41) is 0. The van der Waals surface area contributed by atoms with Crippen LogP contribution in [-0.2, 0) is 69.5 Å². The Bertz CT molecular complexity index is 4150. The third-order valence-electron chi connectivity index (χ3n) is 20.4. The van der Waals surface area contributed by atoms with Crippen LogP contribution >= 0.6 is 63.7 Å². The molecule has 0 aromatic heterocycles. The highest BCUT2D eigenvalue weighted by Crippen LogP contribution is 2.52. The summed E-state index contributed by atoms with van der Waals surface area (Å²) in [5.74, 6) is 1.82. The Labute approximate surface area is 631 Å². The average Bonchev–Trinajstić information content (AvgIpc) is 1.58. The Balaban J connectivity index is 1.45. The molecule has 2 aliphatic rings. The van der Waals surface area contributed by atoms with Gasteiger partial charge in [-0.25, -0.2) is 9.48 Å². The second kappa shape index (κ2) is 28.2. The van der Waals surface area contributed by atoms with Gasteiger partial charge < -0.3 is 9.80 Å². The molecule has 0 N–H and O–H groups in total. The minimum atomic E-state index is -0.222. The number of halogens is 4. The number of guanidine groups is 2. The second-order valence-corrected chi connectivity index (χ2v) is 39.8. The third-order valence-corrected chi connectivity index (χ3v) is 24.1. The normalized spacial score (nSPS) is 17.7. The molecule has 0 aliphatic carbocycles. The van der Waals surface area contributed by atoms with Gasteiger partial charge in [-0.15, -0.1) is 0 Å². The summed E-state index contributed by atoms with van der Waals surface area (Å²) >= 11 is 17.7. The SMILES string of the molecule is CC(C)(C)c1cc(CN2C(=NC3=[N+](Cc4cc(C(C)(C)C)cc(C(C)(C)C)c4Br)[C@@H](c4ccccc4)[C@H](c4ccccc4)N3Cc3cc(C(C)(C)C)cc(C(C)(C)C)c3Br)N(Cc3cc(C(C)(C)C)cc(C(C)(C)C)c3Br)[C@@H](c3ccccc3)[C@@H]2c2ccccc2)c(Br)c(C(C)(C)C)c1. The Hall–Kier alpha value is -5.58. The van der Waals surface area contributed by atoms with Gasteiger partial charge in [-0.05, 0) is 126 Å². The van der Waals surface area contributed by atoms with Crippen LogP contribution in [0.2, 0.25) is 0 Å². The molecule has 0 saturated carbocycles. The van der Waals surface area contributed by atoms with Crippen molar-refractivity contribution in [2.45, 2.75) is 260 Å². The van der Waals surface area contributed by atoms with E-state index in [2.05, 4.69) is 419 Å². The van der Waals surface area contributed by atoms with E-state index in [1.165, 1.54) is 89.0 Å². The van der Waals surface area contributed by atoms with Crippen LogP contribution in [0, 0.1) is 0 Å². The lowest BCUT2D eigenvalue weighted by Crippen LogP contribution is -2.38. The van der Waals surface area contributed by atoms with E-state index in [0.717, 1.165) is 29.8 Å². The molecule has 8 aromatic carbocycles. The van der Waals surface area contributed by atoms with Gasteiger partial charge in [0.25, 0.3) is 5.96 Å². The molecule has 5 nitrogen and oxygen atoms in total. The van der Waals surface area contributed by atoms with Crippen LogP contribution in [0.25, 0.3) is 0 Å². The largest absolute Gasteiger partial charge is 0.394 e.